The van der Waals surface area contributed by atoms with Gasteiger partial charge in [0.15, 0.2) is 0 Å². The molecule has 0 saturated carbocycles. The summed E-state index contributed by atoms with van der Waals surface area (Å²) >= 11 is 0. The van der Waals surface area contributed by atoms with Gasteiger partial charge in [-0.25, -0.2) is 0 Å². The van der Waals surface area contributed by atoms with Crippen LogP contribution in [0.2, 0.25) is 0 Å². The molecular formula is C9H9N2. The SMILES string of the molecule is [c]1ccc(C2=NNCC2)cc1. The van der Waals surface area contributed by atoms with Gasteiger partial charge < -0.3 is 5.43 Å². The highest BCUT2D eigenvalue weighted by Crippen LogP contribution is 2.05. The highest BCUT2D eigenvalue weighted by atomic mass is 15.3. The second-order valence-electron chi connectivity index (χ2n) is 2.51. The molecule has 0 atom stereocenters. The molecular weight excluding hydrogens is 136 g/mol. The fourth-order valence-electron chi connectivity index (χ4n) is 1.17. The molecule has 0 unspecified atom stereocenters. The van der Waals surface area contributed by atoms with Crippen LogP contribution in [-0.2, 0) is 0 Å². The minimum atomic E-state index is 0.966. The first-order valence-electron chi connectivity index (χ1n) is 3.73. The van der Waals surface area contributed by atoms with Crippen LogP contribution in [0.3, 0.4) is 0 Å². The van der Waals surface area contributed by atoms with Gasteiger partial charge >= 0.3 is 0 Å². The van der Waals surface area contributed by atoms with E-state index in [-0.39, 0.29) is 0 Å². The molecule has 0 amide bonds. The van der Waals surface area contributed by atoms with E-state index in [0.29, 0.717) is 0 Å². The Balaban J connectivity index is 2.29. The van der Waals surface area contributed by atoms with E-state index in [4.69, 9.17) is 0 Å². The summed E-state index contributed by atoms with van der Waals surface area (Å²) in [5.74, 6) is 0. The number of nitrogens with one attached hydrogen (secondary N) is 1. The maximum absolute atomic E-state index is 4.16. The summed E-state index contributed by atoms with van der Waals surface area (Å²) in [5.41, 5.74) is 5.30. The number of hydrogen-bond acceptors (Lipinski definition) is 2. The lowest BCUT2D eigenvalue weighted by atomic mass is 10.1. The number of hydrogen-bond donors (Lipinski definition) is 1. The Labute approximate surface area is 65.9 Å². The van der Waals surface area contributed by atoms with Gasteiger partial charge in [-0.15, -0.1) is 0 Å². The molecule has 1 aliphatic rings. The van der Waals surface area contributed by atoms with Crippen molar-refractivity contribution in [3.8, 4) is 0 Å². The van der Waals surface area contributed by atoms with Crippen molar-refractivity contribution in [1.82, 2.24) is 5.43 Å². The Hall–Kier alpha value is -1.31. The molecule has 2 heteroatoms. The Bertz CT molecular complexity index is 264. The minimum Gasteiger partial charge on any atom is -0.309 e. The lowest BCUT2D eigenvalue weighted by molar-refractivity contribution is 0.813. The van der Waals surface area contributed by atoms with Crippen molar-refractivity contribution in [2.75, 3.05) is 6.54 Å². The van der Waals surface area contributed by atoms with Crippen molar-refractivity contribution in [1.29, 1.82) is 0 Å². The molecule has 2 nitrogen and oxygen atoms in total. The average molecular weight is 145 g/mol. The first-order chi connectivity index (χ1) is 5.47. The van der Waals surface area contributed by atoms with E-state index >= 15 is 0 Å². The number of nitrogens with zero attached hydrogens (tertiary/aromatic N) is 1. The van der Waals surface area contributed by atoms with E-state index in [0.717, 1.165) is 18.7 Å². The van der Waals surface area contributed by atoms with Crippen molar-refractivity contribution < 1.29 is 0 Å². The highest BCUT2D eigenvalue weighted by molar-refractivity contribution is 6.01. The number of hydrazone groups is 1. The maximum Gasteiger partial charge on any atom is 0.0693 e. The van der Waals surface area contributed by atoms with Gasteiger partial charge in [-0.1, -0.05) is 24.3 Å². The Morgan fingerprint density at radius 1 is 1.36 bits per heavy atom. The van der Waals surface area contributed by atoms with Gasteiger partial charge in [0, 0.05) is 13.0 Å². The van der Waals surface area contributed by atoms with Crippen molar-refractivity contribution >= 4 is 5.71 Å². The quantitative estimate of drug-likeness (QED) is 0.630. The average Bonchev–Trinajstić information content (AvgIpc) is 2.58. The predicted molar refractivity (Wildman–Crippen MR) is 44.4 cm³/mol. The standard InChI is InChI=1S/C9H9N2/c1-2-4-8(5-3-1)9-6-7-10-11-9/h2-5,10H,6-7H2. The van der Waals surface area contributed by atoms with Gasteiger partial charge in [0.1, 0.15) is 0 Å². The van der Waals surface area contributed by atoms with E-state index in [1.54, 1.807) is 0 Å². The topological polar surface area (TPSA) is 24.4 Å². The number of rotatable bonds is 1. The summed E-state index contributed by atoms with van der Waals surface area (Å²) in [7, 11) is 0. The zero-order valence-electron chi connectivity index (χ0n) is 6.17. The van der Waals surface area contributed by atoms with Crippen LogP contribution in [0.25, 0.3) is 0 Å². The second-order valence-corrected chi connectivity index (χ2v) is 2.51. The van der Waals surface area contributed by atoms with E-state index in [1.807, 2.05) is 24.3 Å². The fraction of sp³-hybridized carbons (Fsp3) is 0.222. The Kier molecular flexibility index (Phi) is 1.60. The molecule has 1 aromatic carbocycles. The molecule has 0 aromatic heterocycles. The Morgan fingerprint density at radius 3 is 2.82 bits per heavy atom. The molecule has 1 heterocycles. The summed E-state index contributed by atoms with van der Waals surface area (Å²) in [4.78, 5) is 0. The van der Waals surface area contributed by atoms with Crippen LogP contribution >= 0.6 is 0 Å². The summed E-state index contributed by atoms with van der Waals surface area (Å²) in [6, 6.07) is 10.9. The lowest BCUT2D eigenvalue weighted by Crippen LogP contribution is -1.97. The second kappa shape index (κ2) is 2.74. The van der Waals surface area contributed by atoms with Crippen LogP contribution in [0.4, 0.5) is 0 Å². The largest absolute Gasteiger partial charge is 0.309 e. The summed E-state index contributed by atoms with van der Waals surface area (Å²) in [6.45, 7) is 0.966. The first-order valence-corrected chi connectivity index (χ1v) is 3.73. The monoisotopic (exact) mass is 145 g/mol. The summed E-state index contributed by atoms with van der Waals surface area (Å²) < 4.78 is 0. The molecule has 11 heavy (non-hydrogen) atoms. The minimum absolute atomic E-state index is 0.966. The summed E-state index contributed by atoms with van der Waals surface area (Å²) in [5, 5.41) is 4.16. The van der Waals surface area contributed by atoms with Crippen LogP contribution in [0.5, 0.6) is 0 Å². The number of benzene rings is 1. The molecule has 0 fully saturated rings. The van der Waals surface area contributed by atoms with Crippen molar-refractivity contribution in [3.63, 3.8) is 0 Å². The van der Waals surface area contributed by atoms with E-state index in [2.05, 4.69) is 16.6 Å². The van der Waals surface area contributed by atoms with Gasteiger partial charge in [0.2, 0.25) is 0 Å². The third-order valence-corrected chi connectivity index (χ3v) is 1.74. The molecule has 0 spiro atoms. The van der Waals surface area contributed by atoms with Gasteiger partial charge in [-0.05, 0) is 11.6 Å². The zero-order valence-corrected chi connectivity index (χ0v) is 6.17. The van der Waals surface area contributed by atoms with E-state index < -0.39 is 0 Å². The van der Waals surface area contributed by atoms with E-state index in [9.17, 15) is 0 Å². The van der Waals surface area contributed by atoms with Crippen LogP contribution in [0, 0.1) is 6.07 Å². The molecule has 1 radical (unpaired) electrons. The molecule has 1 aliphatic heterocycles. The molecule has 2 rings (SSSR count). The molecule has 1 N–H and O–H groups in total. The molecule has 0 bridgehead atoms. The predicted octanol–water partition coefficient (Wildman–Crippen LogP) is 1.18. The van der Waals surface area contributed by atoms with Crippen molar-refractivity contribution in [2.45, 2.75) is 6.42 Å². The van der Waals surface area contributed by atoms with Gasteiger partial charge in [0.05, 0.1) is 5.71 Å². The Morgan fingerprint density at radius 2 is 2.18 bits per heavy atom. The van der Waals surface area contributed by atoms with Crippen molar-refractivity contribution in [2.24, 2.45) is 5.10 Å². The van der Waals surface area contributed by atoms with E-state index in [1.165, 1.54) is 5.56 Å². The van der Waals surface area contributed by atoms with Gasteiger partial charge in [-0.2, -0.15) is 5.10 Å². The van der Waals surface area contributed by atoms with Gasteiger partial charge in [0.25, 0.3) is 0 Å². The fourth-order valence-corrected chi connectivity index (χ4v) is 1.17. The van der Waals surface area contributed by atoms with Crippen LogP contribution in [0.15, 0.2) is 29.4 Å². The third-order valence-electron chi connectivity index (χ3n) is 1.74. The van der Waals surface area contributed by atoms with Gasteiger partial charge in [-0.3, -0.25) is 0 Å². The van der Waals surface area contributed by atoms with Crippen LogP contribution in [-0.4, -0.2) is 12.3 Å². The zero-order chi connectivity index (χ0) is 7.52. The maximum atomic E-state index is 4.16. The third kappa shape index (κ3) is 1.24. The smallest absolute Gasteiger partial charge is 0.0693 e. The molecule has 1 aromatic rings. The molecule has 0 aliphatic carbocycles. The summed E-state index contributed by atoms with van der Waals surface area (Å²) in [6.07, 6.45) is 1.03. The molecule has 55 valence electrons. The van der Waals surface area contributed by atoms with Crippen LogP contribution < -0.4 is 5.43 Å². The first kappa shape index (κ1) is 6.40. The normalized spacial score (nSPS) is 15.8. The molecule has 0 saturated heterocycles. The lowest BCUT2D eigenvalue weighted by Gasteiger charge is -1.95. The van der Waals surface area contributed by atoms with Crippen molar-refractivity contribution in [3.05, 3.63) is 35.9 Å². The van der Waals surface area contributed by atoms with Crippen LogP contribution in [0.1, 0.15) is 12.0 Å². The highest BCUT2D eigenvalue weighted by Gasteiger charge is 2.06.